The van der Waals surface area contributed by atoms with E-state index in [-0.39, 0.29) is 12.1 Å². The number of fused-ring (bicyclic) bond motifs is 2. The first-order chi connectivity index (χ1) is 17.1. The molecule has 186 valence electrons. The van der Waals surface area contributed by atoms with Crippen molar-refractivity contribution in [3.05, 3.63) is 63.2 Å². The van der Waals surface area contributed by atoms with Crippen molar-refractivity contribution in [3.63, 3.8) is 0 Å². The van der Waals surface area contributed by atoms with Crippen LogP contribution in [0.15, 0.2) is 24.3 Å². The molecule has 2 aromatic rings. The SMILES string of the molecule is CCCN(CCNCCc1ccc2c(c1C)COC2=O)CC1OCCc2c1ccc(C#N)c2OC. The third-order valence-electron chi connectivity index (χ3n) is 7.06. The van der Waals surface area contributed by atoms with Crippen molar-refractivity contribution in [1.29, 1.82) is 5.26 Å². The van der Waals surface area contributed by atoms with E-state index in [4.69, 9.17) is 14.2 Å². The van der Waals surface area contributed by atoms with Crippen LogP contribution in [0.1, 0.15) is 63.2 Å². The second-order valence-electron chi connectivity index (χ2n) is 9.19. The lowest BCUT2D eigenvalue weighted by Gasteiger charge is -2.32. The molecule has 0 spiro atoms. The van der Waals surface area contributed by atoms with Crippen molar-refractivity contribution < 1.29 is 19.0 Å². The predicted molar refractivity (Wildman–Crippen MR) is 134 cm³/mol. The standard InChI is InChI=1S/C28H35N3O4/c1-4-13-31(17-26-22-7-6-21(16-29)27(33-3)23(22)10-15-34-26)14-12-30-11-9-20-5-8-24-25(19(20)2)18-35-28(24)32/h5-8,26,30H,4,9-15,17-18H2,1-3H3. The van der Waals surface area contributed by atoms with Gasteiger partial charge in [0.05, 0.1) is 30.9 Å². The number of hydrogen-bond donors (Lipinski definition) is 1. The van der Waals surface area contributed by atoms with Crippen molar-refractivity contribution >= 4 is 5.97 Å². The zero-order chi connectivity index (χ0) is 24.8. The molecule has 0 aromatic heterocycles. The maximum Gasteiger partial charge on any atom is 0.338 e. The van der Waals surface area contributed by atoms with Crippen molar-refractivity contribution in [2.45, 2.75) is 45.8 Å². The molecule has 0 fully saturated rings. The Bertz CT molecular complexity index is 1110. The molecule has 1 unspecified atom stereocenters. The fourth-order valence-electron chi connectivity index (χ4n) is 5.17. The lowest BCUT2D eigenvalue weighted by Crippen LogP contribution is -2.37. The van der Waals surface area contributed by atoms with Gasteiger partial charge < -0.3 is 19.5 Å². The molecule has 7 nitrogen and oxygen atoms in total. The molecule has 2 heterocycles. The Labute approximate surface area is 208 Å². The minimum atomic E-state index is -0.211. The fraction of sp³-hybridized carbons (Fsp3) is 0.500. The van der Waals surface area contributed by atoms with Gasteiger partial charge in [-0.2, -0.15) is 5.26 Å². The largest absolute Gasteiger partial charge is 0.495 e. The van der Waals surface area contributed by atoms with Crippen LogP contribution < -0.4 is 10.1 Å². The van der Waals surface area contributed by atoms with Gasteiger partial charge in [-0.15, -0.1) is 0 Å². The predicted octanol–water partition coefficient (Wildman–Crippen LogP) is 3.70. The molecule has 0 bridgehead atoms. The Balaban J connectivity index is 1.31. The number of nitrogens with one attached hydrogen (secondary N) is 1. The number of methoxy groups -OCH3 is 1. The normalized spacial score (nSPS) is 16.5. The van der Waals surface area contributed by atoms with Crippen LogP contribution in [0.3, 0.4) is 0 Å². The lowest BCUT2D eigenvalue weighted by atomic mass is 9.94. The molecule has 35 heavy (non-hydrogen) atoms. The van der Waals surface area contributed by atoms with Crippen molar-refractivity contribution in [3.8, 4) is 11.8 Å². The Morgan fingerprint density at radius 1 is 1.20 bits per heavy atom. The third kappa shape index (κ3) is 5.51. The van der Waals surface area contributed by atoms with E-state index in [2.05, 4.69) is 36.2 Å². The Morgan fingerprint density at radius 2 is 2.06 bits per heavy atom. The zero-order valence-corrected chi connectivity index (χ0v) is 21.0. The molecular formula is C28H35N3O4. The van der Waals surface area contributed by atoms with Gasteiger partial charge in [0.1, 0.15) is 18.4 Å². The zero-order valence-electron chi connectivity index (χ0n) is 21.0. The highest BCUT2D eigenvalue weighted by Crippen LogP contribution is 2.36. The lowest BCUT2D eigenvalue weighted by molar-refractivity contribution is 0.0155. The van der Waals surface area contributed by atoms with Crippen LogP contribution in [0.4, 0.5) is 0 Å². The molecular weight excluding hydrogens is 442 g/mol. The van der Waals surface area contributed by atoms with Crippen LogP contribution in [-0.4, -0.2) is 57.3 Å². The summed E-state index contributed by atoms with van der Waals surface area (Å²) in [5.74, 6) is 0.483. The van der Waals surface area contributed by atoms with Gasteiger partial charge in [0, 0.05) is 30.8 Å². The molecule has 0 saturated carbocycles. The molecule has 1 atom stereocenters. The molecule has 0 aliphatic carbocycles. The molecule has 7 heteroatoms. The highest BCUT2D eigenvalue weighted by atomic mass is 16.5. The first-order valence-electron chi connectivity index (χ1n) is 12.5. The first kappa shape index (κ1) is 25.2. The second-order valence-corrected chi connectivity index (χ2v) is 9.19. The van der Waals surface area contributed by atoms with E-state index in [0.29, 0.717) is 30.1 Å². The maximum absolute atomic E-state index is 11.7. The van der Waals surface area contributed by atoms with Crippen molar-refractivity contribution in [2.24, 2.45) is 0 Å². The topological polar surface area (TPSA) is 83.8 Å². The summed E-state index contributed by atoms with van der Waals surface area (Å²) in [5, 5.41) is 13.0. The smallest absolute Gasteiger partial charge is 0.338 e. The number of ether oxygens (including phenoxy) is 3. The summed E-state index contributed by atoms with van der Waals surface area (Å²) in [6.07, 6.45) is 2.74. The van der Waals surface area contributed by atoms with Crippen LogP contribution in [0, 0.1) is 18.3 Å². The van der Waals surface area contributed by atoms with Gasteiger partial charge in [0.2, 0.25) is 0 Å². The van der Waals surface area contributed by atoms with Gasteiger partial charge in [0.25, 0.3) is 0 Å². The Kier molecular flexibility index (Phi) is 8.40. The van der Waals surface area contributed by atoms with Crippen LogP contribution >= 0.6 is 0 Å². The molecule has 0 radical (unpaired) electrons. The highest BCUT2D eigenvalue weighted by molar-refractivity contribution is 5.93. The monoisotopic (exact) mass is 477 g/mol. The van der Waals surface area contributed by atoms with E-state index in [1.807, 2.05) is 18.2 Å². The van der Waals surface area contributed by atoms with Gasteiger partial charge in [-0.25, -0.2) is 4.79 Å². The van der Waals surface area contributed by atoms with Gasteiger partial charge >= 0.3 is 5.97 Å². The Morgan fingerprint density at radius 3 is 2.83 bits per heavy atom. The van der Waals surface area contributed by atoms with E-state index in [1.165, 1.54) is 11.1 Å². The fourth-order valence-corrected chi connectivity index (χ4v) is 5.17. The third-order valence-corrected chi connectivity index (χ3v) is 7.06. The summed E-state index contributed by atoms with van der Waals surface area (Å²) in [6, 6.07) is 10.1. The average Bonchev–Trinajstić information content (AvgIpc) is 3.25. The van der Waals surface area contributed by atoms with E-state index >= 15 is 0 Å². The number of carbonyl (C=O) groups is 1. The molecule has 0 saturated heterocycles. The molecule has 2 aliphatic rings. The molecule has 2 aromatic carbocycles. The summed E-state index contributed by atoms with van der Waals surface area (Å²) >= 11 is 0. The highest BCUT2D eigenvalue weighted by Gasteiger charge is 2.27. The molecule has 1 N–H and O–H groups in total. The van der Waals surface area contributed by atoms with Gasteiger partial charge in [-0.1, -0.05) is 19.1 Å². The van der Waals surface area contributed by atoms with Gasteiger partial charge in [-0.3, -0.25) is 4.90 Å². The summed E-state index contributed by atoms with van der Waals surface area (Å²) in [5.41, 5.74) is 7.00. The second kappa shape index (κ2) is 11.7. The van der Waals surface area contributed by atoms with Crippen LogP contribution in [0.2, 0.25) is 0 Å². The summed E-state index contributed by atoms with van der Waals surface area (Å²) in [4.78, 5) is 14.2. The minimum Gasteiger partial charge on any atom is -0.495 e. The first-order valence-corrected chi connectivity index (χ1v) is 12.5. The number of cyclic esters (lactones) is 1. The number of hydrogen-bond acceptors (Lipinski definition) is 7. The number of esters is 1. The number of nitrogens with zero attached hydrogens (tertiary/aromatic N) is 2. The summed E-state index contributed by atoms with van der Waals surface area (Å²) in [7, 11) is 1.63. The maximum atomic E-state index is 11.7. The van der Waals surface area contributed by atoms with E-state index in [0.717, 1.165) is 68.7 Å². The quantitative estimate of drug-likeness (QED) is 0.390. The van der Waals surface area contributed by atoms with Crippen molar-refractivity contribution in [2.75, 3.05) is 46.4 Å². The number of nitriles is 1. The van der Waals surface area contributed by atoms with Crippen molar-refractivity contribution in [1.82, 2.24) is 10.2 Å². The number of carbonyl (C=O) groups excluding carboxylic acids is 1. The van der Waals surface area contributed by atoms with Gasteiger partial charge in [-0.05, 0) is 68.1 Å². The number of benzene rings is 2. The summed E-state index contributed by atoms with van der Waals surface area (Å²) in [6.45, 7) is 9.83. The summed E-state index contributed by atoms with van der Waals surface area (Å²) < 4.78 is 16.9. The number of rotatable bonds is 11. The van der Waals surface area contributed by atoms with Crippen LogP contribution in [0.25, 0.3) is 0 Å². The Hall–Kier alpha value is -2.92. The van der Waals surface area contributed by atoms with E-state index in [9.17, 15) is 10.1 Å². The molecule has 2 aliphatic heterocycles. The van der Waals surface area contributed by atoms with Crippen LogP contribution in [0.5, 0.6) is 5.75 Å². The minimum absolute atomic E-state index is 0.0223. The molecule has 0 amide bonds. The van der Waals surface area contributed by atoms with E-state index in [1.54, 1.807) is 7.11 Å². The average molecular weight is 478 g/mol. The van der Waals surface area contributed by atoms with Crippen LogP contribution in [-0.2, 0) is 28.9 Å². The van der Waals surface area contributed by atoms with E-state index < -0.39 is 0 Å². The molecule has 4 rings (SSSR count). The van der Waals surface area contributed by atoms with Gasteiger partial charge in [0.15, 0.2) is 0 Å².